The molecule has 0 unspecified atom stereocenters. The highest BCUT2D eigenvalue weighted by atomic mass is 79.9. The molecule has 0 aromatic heterocycles. The summed E-state index contributed by atoms with van der Waals surface area (Å²) >= 11 is 8.18. The van der Waals surface area contributed by atoms with Crippen molar-refractivity contribution in [2.45, 2.75) is 18.1 Å². The fourth-order valence-corrected chi connectivity index (χ4v) is 3.37. The van der Waals surface area contributed by atoms with Crippen LogP contribution < -0.4 is 10.5 Å². The van der Waals surface area contributed by atoms with Crippen molar-refractivity contribution in [3.05, 3.63) is 28.2 Å². The summed E-state index contributed by atoms with van der Waals surface area (Å²) in [6.45, 7) is 0. The van der Waals surface area contributed by atoms with E-state index in [0.717, 1.165) is 4.47 Å². The second-order valence-electron chi connectivity index (χ2n) is 3.90. The standard InChI is InChI=1S/C10H11BrN2O2S2/c11-6-1-4-8(10(12)16)9(5-6)13-17(14,15)7-2-3-7/h1,4-5,7,13H,2-3H2,(H2,12,16). The summed E-state index contributed by atoms with van der Waals surface area (Å²) in [5, 5.41) is -0.277. The number of nitrogens with two attached hydrogens (primary N) is 1. The van der Waals surface area contributed by atoms with E-state index in [2.05, 4.69) is 20.7 Å². The Morgan fingerprint density at radius 1 is 1.47 bits per heavy atom. The number of sulfonamides is 1. The molecule has 0 spiro atoms. The predicted molar refractivity (Wildman–Crippen MR) is 75.6 cm³/mol. The van der Waals surface area contributed by atoms with Crippen LogP contribution in [0.25, 0.3) is 0 Å². The molecule has 0 saturated heterocycles. The monoisotopic (exact) mass is 334 g/mol. The molecular weight excluding hydrogens is 324 g/mol. The Bertz CT molecular complexity index is 568. The van der Waals surface area contributed by atoms with Gasteiger partial charge in [0.1, 0.15) is 4.99 Å². The molecule has 7 heteroatoms. The summed E-state index contributed by atoms with van der Waals surface area (Å²) in [6.07, 6.45) is 1.43. The van der Waals surface area contributed by atoms with Crippen molar-refractivity contribution in [2.24, 2.45) is 5.73 Å². The average molecular weight is 335 g/mol. The van der Waals surface area contributed by atoms with Crippen LogP contribution in [0.15, 0.2) is 22.7 Å². The molecule has 4 nitrogen and oxygen atoms in total. The largest absolute Gasteiger partial charge is 0.389 e. The second kappa shape index (κ2) is 4.55. The van der Waals surface area contributed by atoms with Crippen LogP contribution in [0.3, 0.4) is 0 Å². The molecule has 1 aromatic rings. The van der Waals surface area contributed by atoms with E-state index < -0.39 is 10.0 Å². The van der Waals surface area contributed by atoms with Gasteiger partial charge in [-0.25, -0.2) is 8.42 Å². The van der Waals surface area contributed by atoms with E-state index in [1.807, 2.05) is 0 Å². The van der Waals surface area contributed by atoms with Crippen molar-refractivity contribution in [3.63, 3.8) is 0 Å². The van der Waals surface area contributed by atoms with Gasteiger partial charge in [0.2, 0.25) is 10.0 Å². The zero-order valence-corrected chi connectivity index (χ0v) is 12.0. The molecule has 1 saturated carbocycles. The van der Waals surface area contributed by atoms with Crippen molar-refractivity contribution >= 4 is 48.8 Å². The maximum atomic E-state index is 11.8. The molecule has 0 heterocycles. The minimum absolute atomic E-state index is 0.172. The van der Waals surface area contributed by atoms with Crippen LogP contribution in [0.2, 0.25) is 0 Å². The molecule has 0 amide bonds. The van der Waals surface area contributed by atoms with Crippen LogP contribution >= 0.6 is 28.1 Å². The summed E-state index contributed by atoms with van der Waals surface area (Å²) in [4.78, 5) is 0.172. The van der Waals surface area contributed by atoms with Gasteiger partial charge in [0.15, 0.2) is 0 Å². The first-order valence-corrected chi connectivity index (χ1v) is 7.76. The molecule has 0 aliphatic heterocycles. The van der Waals surface area contributed by atoms with Gasteiger partial charge in [0.25, 0.3) is 0 Å². The molecular formula is C10H11BrN2O2S2. The topological polar surface area (TPSA) is 72.2 Å². The summed E-state index contributed by atoms with van der Waals surface area (Å²) in [7, 11) is -3.30. The van der Waals surface area contributed by atoms with Crippen molar-refractivity contribution < 1.29 is 8.42 Å². The van der Waals surface area contributed by atoms with Gasteiger partial charge in [-0.15, -0.1) is 0 Å². The van der Waals surface area contributed by atoms with Crippen LogP contribution in [-0.4, -0.2) is 18.7 Å². The summed E-state index contributed by atoms with van der Waals surface area (Å²) in [6, 6.07) is 5.12. The zero-order chi connectivity index (χ0) is 12.6. The Morgan fingerprint density at radius 2 is 2.12 bits per heavy atom. The van der Waals surface area contributed by atoms with Gasteiger partial charge < -0.3 is 5.73 Å². The molecule has 17 heavy (non-hydrogen) atoms. The maximum absolute atomic E-state index is 11.8. The second-order valence-corrected chi connectivity index (χ2v) is 7.22. The molecule has 2 rings (SSSR count). The zero-order valence-electron chi connectivity index (χ0n) is 8.81. The van der Waals surface area contributed by atoms with Gasteiger partial charge in [-0.2, -0.15) is 0 Å². The lowest BCUT2D eigenvalue weighted by atomic mass is 10.2. The van der Waals surface area contributed by atoms with Gasteiger partial charge in [-0.3, -0.25) is 4.72 Å². The van der Waals surface area contributed by atoms with Crippen LogP contribution in [0.1, 0.15) is 18.4 Å². The molecule has 3 N–H and O–H groups in total. The van der Waals surface area contributed by atoms with E-state index in [4.69, 9.17) is 18.0 Å². The lowest BCUT2D eigenvalue weighted by Crippen LogP contribution is -2.20. The summed E-state index contributed by atoms with van der Waals surface area (Å²) in [5.74, 6) is 0. The molecule has 92 valence electrons. The number of rotatable bonds is 4. The van der Waals surface area contributed by atoms with E-state index in [1.54, 1.807) is 18.2 Å². The first-order chi connectivity index (χ1) is 7.90. The average Bonchev–Trinajstić information content (AvgIpc) is 2.99. The molecule has 1 aliphatic carbocycles. The molecule has 1 aromatic carbocycles. The minimum Gasteiger partial charge on any atom is -0.389 e. The fraction of sp³-hybridized carbons (Fsp3) is 0.300. The number of halogens is 1. The number of anilines is 1. The fourth-order valence-electron chi connectivity index (χ4n) is 1.43. The molecule has 0 atom stereocenters. The third kappa shape index (κ3) is 2.97. The predicted octanol–water partition coefficient (Wildman–Crippen LogP) is 1.99. The first kappa shape index (κ1) is 12.8. The van der Waals surface area contributed by atoms with Crippen LogP contribution in [-0.2, 0) is 10.0 Å². The maximum Gasteiger partial charge on any atom is 0.235 e. The number of thiocarbonyl (C=S) groups is 1. The lowest BCUT2D eigenvalue weighted by molar-refractivity contribution is 0.600. The molecule has 1 fully saturated rings. The summed E-state index contributed by atoms with van der Waals surface area (Å²) < 4.78 is 27.0. The van der Waals surface area contributed by atoms with Crippen molar-refractivity contribution in [3.8, 4) is 0 Å². The van der Waals surface area contributed by atoms with E-state index in [1.165, 1.54) is 0 Å². The Balaban J connectivity index is 2.37. The number of hydrogen-bond acceptors (Lipinski definition) is 3. The smallest absolute Gasteiger partial charge is 0.235 e. The number of hydrogen-bond donors (Lipinski definition) is 2. The Hall–Kier alpha value is -0.660. The highest BCUT2D eigenvalue weighted by molar-refractivity contribution is 9.10. The highest BCUT2D eigenvalue weighted by Crippen LogP contribution is 2.31. The van der Waals surface area contributed by atoms with Gasteiger partial charge in [0, 0.05) is 10.0 Å². The third-order valence-corrected chi connectivity index (χ3v) is 5.03. The SMILES string of the molecule is NC(=S)c1ccc(Br)cc1NS(=O)(=O)C1CC1. The van der Waals surface area contributed by atoms with Crippen LogP contribution in [0.4, 0.5) is 5.69 Å². The third-order valence-electron chi connectivity index (χ3n) is 2.46. The van der Waals surface area contributed by atoms with Crippen molar-refractivity contribution in [1.29, 1.82) is 0 Å². The summed E-state index contributed by atoms with van der Waals surface area (Å²) in [5.41, 5.74) is 6.52. The molecule has 0 radical (unpaired) electrons. The normalized spacial score (nSPS) is 15.6. The Morgan fingerprint density at radius 3 is 2.65 bits per heavy atom. The number of benzene rings is 1. The van der Waals surface area contributed by atoms with E-state index in [0.29, 0.717) is 24.1 Å². The van der Waals surface area contributed by atoms with Crippen LogP contribution in [0.5, 0.6) is 0 Å². The van der Waals surface area contributed by atoms with Crippen molar-refractivity contribution in [1.82, 2.24) is 0 Å². The first-order valence-electron chi connectivity index (χ1n) is 5.01. The Kier molecular flexibility index (Phi) is 3.42. The van der Waals surface area contributed by atoms with Crippen molar-refractivity contribution in [2.75, 3.05) is 4.72 Å². The van der Waals surface area contributed by atoms with E-state index in [9.17, 15) is 8.42 Å². The molecule has 0 bridgehead atoms. The van der Waals surface area contributed by atoms with Gasteiger partial charge in [-0.1, -0.05) is 28.1 Å². The number of nitrogens with one attached hydrogen (secondary N) is 1. The van der Waals surface area contributed by atoms with Gasteiger partial charge >= 0.3 is 0 Å². The van der Waals surface area contributed by atoms with Gasteiger partial charge in [-0.05, 0) is 31.0 Å². The quantitative estimate of drug-likeness (QED) is 0.826. The minimum atomic E-state index is -3.30. The van der Waals surface area contributed by atoms with E-state index >= 15 is 0 Å². The van der Waals surface area contributed by atoms with E-state index in [-0.39, 0.29) is 10.2 Å². The van der Waals surface area contributed by atoms with Gasteiger partial charge in [0.05, 0.1) is 10.9 Å². The lowest BCUT2D eigenvalue weighted by Gasteiger charge is -2.11. The molecule has 1 aliphatic rings. The Labute approximate surface area is 114 Å². The van der Waals surface area contributed by atoms with Crippen LogP contribution in [0, 0.1) is 0 Å². The highest BCUT2D eigenvalue weighted by Gasteiger charge is 2.36.